The standard InChI is InChI=1S/C14H28N2O3.ClH/c1-4-14(5-2,10-15)16-13(17)11(3)19-9-12-7-6-8-18-12;/h11-12H,4-10,15H2,1-3H3,(H,16,17);1H. The normalized spacial score (nSPS) is 20.3. The lowest BCUT2D eigenvalue weighted by Gasteiger charge is -2.32. The molecule has 6 heteroatoms. The highest BCUT2D eigenvalue weighted by Crippen LogP contribution is 2.15. The van der Waals surface area contributed by atoms with Crippen molar-refractivity contribution in [3.8, 4) is 0 Å². The maximum atomic E-state index is 12.1. The van der Waals surface area contributed by atoms with Crippen LogP contribution in [0.3, 0.4) is 0 Å². The largest absolute Gasteiger partial charge is 0.376 e. The lowest BCUT2D eigenvalue weighted by atomic mass is 9.92. The van der Waals surface area contributed by atoms with Gasteiger partial charge in [0.15, 0.2) is 0 Å². The van der Waals surface area contributed by atoms with Crippen LogP contribution < -0.4 is 11.1 Å². The summed E-state index contributed by atoms with van der Waals surface area (Å²) >= 11 is 0. The van der Waals surface area contributed by atoms with E-state index in [1.54, 1.807) is 6.92 Å². The van der Waals surface area contributed by atoms with Crippen LogP contribution in [0.25, 0.3) is 0 Å². The van der Waals surface area contributed by atoms with Crippen molar-refractivity contribution in [1.29, 1.82) is 0 Å². The van der Waals surface area contributed by atoms with Crippen LogP contribution in [0.4, 0.5) is 0 Å². The summed E-state index contributed by atoms with van der Waals surface area (Å²) in [5.41, 5.74) is 5.47. The van der Waals surface area contributed by atoms with Crippen molar-refractivity contribution in [2.24, 2.45) is 5.73 Å². The van der Waals surface area contributed by atoms with Gasteiger partial charge in [0.1, 0.15) is 6.10 Å². The summed E-state index contributed by atoms with van der Waals surface area (Å²) in [5, 5.41) is 3.02. The van der Waals surface area contributed by atoms with Gasteiger partial charge in [-0.15, -0.1) is 12.4 Å². The molecular formula is C14H29ClN2O3. The number of ether oxygens (including phenoxy) is 2. The predicted molar refractivity (Wildman–Crippen MR) is 82.1 cm³/mol. The zero-order valence-corrected chi connectivity index (χ0v) is 13.6. The summed E-state index contributed by atoms with van der Waals surface area (Å²) in [7, 11) is 0. The first-order chi connectivity index (χ1) is 9.06. The molecule has 0 spiro atoms. The molecule has 0 aromatic rings. The molecule has 2 unspecified atom stereocenters. The number of carbonyl (C=O) groups excluding carboxylic acids is 1. The Morgan fingerprint density at radius 1 is 1.50 bits per heavy atom. The molecule has 1 amide bonds. The van der Waals surface area contributed by atoms with E-state index >= 15 is 0 Å². The van der Waals surface area contributed by atoms with E-state index in [0.717, 1.165) is 32.3 Å². The van der Waals surface area contributed by atoms with Crippen LogP contribution in [0, 0.1) is 0 Å². The number of hydrogen-bond donors (Lipinski definition) is 2. The van der Waals surface area contributed by atoms with Crippen LogP contribution in [-0.4, -0.2) is 43.4 Å². The molecule has 1 saturated heterocycles. The number of rotatable bonds is 8. The van der Waals surface area contributed by atoms with Crippen LogP contribution in [0.15, 0.2) is 0 Å². The molecule has 120 valence electrons. The average Bonchev–Trinajstić information content (AvgIpc) is 2.95. The zero-order chi connectivity index (χ0) is 14.3. The van der Waals surface area contributed by atoms with E-state index in [1.165, 1.54) is 0 Å². The van der Waals surface area contributed by atoms with Crippen molar-refractivity contribution in [1.82, 2.24) is 5.32 Å². The SMILES string of the molecule is CCC(CC)(CN)NC(=O)C(C)OCC1CCCO1.Cl. The highest BCUT2D eigenvalue weighted by Gasteiger charge is 2.29. The van der Waals surface area contributed by atoms with Crippen LogP contribution in [0.1, 0.15) is 46.5 Å². The molecular weight excluding hydrogens is 280 g/mol. The second kappa shape index (κ2) is 9.55. The fourth-order valence-corrected chi connectivity index (χ4v) is 2.23. The van der Waals surface area contributed by atoms with Crippen molar-refractivity contribution < 1.29 is 14.3 Å². The summed E-state index contributed by atoms with van der Waals surface area (Å²) in [6, 6.07) is 0. The first-order valence-electron chi connectivity index (χ1n) is 7.32. The minimum Gasteiger partial charge on any atom is -0.376 e. The van der Waals surface area contributed by atoms with Crippen molar-refractivity contribution in [2.75, 3.05) is 19.8 Å². The van der Waals surface area contributed by atoms with E-state index in [4.69, 9.17) is 15.2 Å². The van der Waals surface area contributed by atoms with E-state index in [1.807, 2.05) is 13.8 Å². The maximum Gasteiger partial charge on any atom is 0.249 e. The average molecular weight is 309 g/mol. The van der Waals surface area contributed by atoms with E-state index in [0.29, 0.717) is 13.2 Å². The van der Waals surface area contributed by atoms with E-state index in [-0.39, 0.29) is 30.0 Å². The Morgan fingerprint density at radius 3 is 2.60 bits per heavy atom. The summed E-state index contributed by atoms with van der Waals surface area (Å²) in [6.45, 7) is 7.59. The molecule has 1 fully saturated rings. The van der Waals surface area contributed by atoms with Gasteiger partial charge in [-0.25, -0.2) is 0 Å². The summed E-state index contributed by atoms with van der Waals surface area (Å²) in [5.74, 6) is -0.0906. The number of hydrogen-bond acceptors (Lipinski definition) is 4. The van der Waals surface area contributed by atoms with Crippen molar-refractivity contribution in [2.45, 2.75) is 64.2 Å². The number of amides is 1. The summed E-state index contributed by atoms with van der Waals surface area (Å²) < 4.78 is 11.1. The van der Waals surface area contributed by atoms with Crippen LogP contribution >= 0.6 is 12.4 Å². The second-order valence-electron chi connectivity index (χ2n) is 5.29. The monoisotopic (exact) mass is 308 g/mol. The van der Waals surface area contributed by atoms with E-state index < -0.39 is 6.10 Å². The molecule has 0 bridgehead atoms. The van der Waals surface area contributed by atoms with Gasteiger partial charge in [0, 0.05) is 13.2 Å². The minimum atomic E-state index is -0.465. The Bertz CT molecular complexity index is 271. The summed E-state index contributed by atoms with van der Waals surface area (Å²) in [6.07, 6.45) is 3.43. The molecule has 0 aromatic carbocycles. The van der Waals surface area contributed by atoms with Crippen molar-refractivity contribution in [3.63, 3.8) is 0 Å². The quantitative estimate of drug-likeness (QED) is 0.715. The Kier molecular flexibility index (Phi) is 9.38. The first-order valence-corrected chi connectivity index (χ1v) is 7.32. The third-order valence-electron chi connectivity index (χ3n) is 4.06. The van der Waals surface area contributed by atoms with Gasteiger partial charge < -0.3 is 20.5 Å². The van der Waals surface area contributed by atoms with Crippen molar-refractivity contribution in [3.05, 3.63) is 0 Å². The fraction of sp³-hybridized carbons (Fsp3) is 0.929. The van der Waals surface area contributed by atoms with Crippen LogP contribution in [0.2, 0.25) is 0 Å². The highest BCUT2D eigenvalue weighted by atomic mass is 35.5. The Balaban J connectivity index is 0.00000361. The molecule has 20 heavy (non-hydrogen) atoms. The second-order valence-corrected chi connectivity index (χ2v) is 5.29. The molecule has 0 aliphatic carbocycles. The third-order valence-corrected chi connectivity index (χ3v) is 4.06. The smallest absolute Gasteiger partial charge is 0.249 e. The van der Waals surface area contributed by atoms with E-state index in [9.17, 15) is 4.79 Å². The van der Waals surface area contributed by atoms with Gasteiger partial charge >= 0.3 is 0 Å². The van der Waals surface area contributed by atoms with Gasteiger partial charge in [0.25, 0.3) is 0 Å². The van der Waals surface area contributed by atoms with E-state index in [2.05, 4.69) is 5.32 Å². The maximum absolute atomic E-state index is 12.1. The molecule has 1 aliphatic rings. The third kappa shape index (κ3) is 5.56. The molecule has 0 aromatic heterocycles. The van der Waals surface area contributed by atoms with Crippen LogP contribution in [0.5, 0.6) is 0 Å². The Hall–Kier alpha value is -0.360. The lowest BCUT2D eigenvalue weighted by molar-refractivity contribution is -0.135. The Labute approximate surface area is 128 Å². The van der Waals surface area contributed by atoms with Gasteiger partial charge in [0.2, 0.25) is 5.91 Å². The predicted octanol–water partition coefficient (Wildman–Crippen LogP) is 1.63. The van der Waals surface area contributed by atoms with Gasteiger partial charge in [-0.05, 0) is 32.6 Å². The van der Waals surface area contributed by atoms with Gasteiger partial charge in [-0.1, -0.05) is 13.8 Å². The number of nitrogens with two attached hydrogens (primary N) is 1. The molecule has 3 N–H and O–H groups in total. The molecule has 5 nitrogen and oxygen atoms in total. The number of carbonyl (C=O) groups is 1. The zero-order valence-electron chi connectivity index (χ0n) is 12.8. The highest BCUT2D eigenvalue weighted by molar-refractivity contribution is 5.85. The number of nitrogens with one attached hydrogen (secondary N) is 1. The topological polar surface area (TPSA) is 73.6 Å². The first kappa shape index (κ1) is 19.6. The van der Waals surface area contributed by atoms with Gasteiger partial charge in [-0.3, -0.25) is 4.79 Å². The van der Waals surface area contributed by atoms with Gasteiger partial charge in [-0.2, -0.15) is 0 Å². The molecule has 0 saturated carbocycles. The molecule has 1 heterocycles. The molecule has 0 radical (unpaired) electrons. The fourth-order valence-electron chi connectivity index (χ4n) is 2.23. The lowest BCUT2D eigenvalue weighted by Crippen LogP contribution is -2.55. The molecule has 1 aliphatic heterocycles. The minimum absolute atomic E-state index is 0. The van der Waals surface area contributed by atoms with Crippen LogP contribution in [-0.2, 0) is 14.3 Å². The molecule has 1 rings (SSSR count). The Morgan fingerprint density at radius 2 is 2.15 bits per heavy atom. The van der Waals surface area contributed by atoms with Gasteiger partial charge in [0.05, 0.1) is 18.2 Å². The number of halogens is 1. The molecule has 2 atom stereocenters. The summed E-state index contributed by atoms with van der Waals surface area (Å²) in [4.78, 5) is 12.1. The van der Waals surface area contributed by atoms with Crippen molar-refractivity contribution >= 4 is 18.3 Å².